The molecule has 0 aliphatic heterocycles. The first kappa shape index (κ1) is 17.3. The van der Waals surface area contributed by atoms with Crippen molar-refractivity contribution >= 4 is 33.8 Å². The lowest BCUT2D eigenvalue weighted by Gasteiger charge is -2.14. The number of hydrogen-bond donors (Lipinski definition) is 1. The predicted molar refractivity (Wildman–Crippen MR) is 103 cm³/mol. The molecule has 0 atom stereocenters. The van der Waals surface area contributed by atoms with E-state index >= 15 is 0 Å². The summed E-state index contributed by atoms with van der Waals surface area (Å²) in [4.78, 5) is 18.9. The first-order valence-corrected chi connectivity index (χ1v) is 9.64. The Hall–Kier alpha value is -3.11. The van der Waals surface area contributed by atoms with Gasteiger partial charge in [0.1, 0.15) is 5.69 Å². The van der Waals surface area contributed by atoms with Crippen LogP contribution >= 0.6 is 22.7 Å². The quantitative estimate of drug-likeness (QED) is 0.546. The lowest BCUT2D eigenvalue weighted by molar-refractivity contribution is 0.214. The van der Waals surface area contributed by atoms with Crippen LogP contribution in [-0.2, 0) is 6.54 Å². The molecule has 4 aromatic rings. The first-order chi connectivity index (χ1) is 13.2. The summed E-state index contributed by atoms with van der Waals surface area (Å²) in [7, 11) is 1.67. The number of carbonyl (C=O) groups excluding carboxylic acids is 1. The molecule has 0 fully saturated rings. The normalized spacial score (nSPS) is 10.7. The Morgan fingerprint density at radius 1 is 1.30 bits per heavy atom. The number of carbonyl (C=O) groups is 1. The average Bonchev–Trinajstić information content (AvgIpc) is 3.44. The van der Waals surface area contributed by atoms with Gasteiger partial charge >= 0.3 is 6.03 Å². The van der Waals surface area contributed by atoms with E-state index in [4.69, 9.17) is 4.52 Å². The number of hydrogen-bond acceptors (Lipinski definition) is 8. The number of thiophene rings is 1. The van der Waals surface area contributed by atoms with Crippen molar-refractivity contribution in [2.75, 3.05) is 12.4 Å². The molecule has 27 heavy (non-hydrogen) atoms. The van der Waals surface area contributed by atoms with Crippen LogP contribution in [0.1, 0.15) is 5.76 Å². The van der Waals surface area contributed by atoms with Crippen LogP contribution in [-0.4, -0.2) is 38.3 Å². The van der Waals surface area contributed by atoms with Crippen molar-refractivity contribution in [2.45, 2.75) is 6.54 Å². The van der Waals surface area contributed by atoms with Gasteiger partial charge in [0.05, 0.1) is 11.4 Å². The van der Waals surface area contributed by atoms with E-state index in [1.165, 1.54) is 16.2 Å². The molecule has 4 rings (SSSR count). The van der Waals surface area contributed by atoms with Gasteiger partial charge in [-0.2, -0.15) is 0 Å². The van der Waals surface area contributed by atoms with Crippen molar-refractivity contribution in [3.8, 4) is 21.1 Å². The summed E-state index contributed by atoms with van der Waals surface area (Å²) < 4.78 is 5.32. The van der Waals surface area contributed by atoms with Gasteiger partial charge in [-0.25, -0.2) is 4.79 Å². The van der Waals surface area contributed by atoms with E-state index in [-0.39, 0.29) is 12.6 Å². The van der Waals surface area contributed by atoms with E-state index in [0.717, 1.165) is 15.4 Å². The van der Waals surface area contributed by atoms with Crippen LogP contribution in [0.4, 0.5) is 9.93 Å². The molecule has 0 saturated heterocycles. The molecule has 0 aliphatic rings. The molecule has 0 radical (unpaired) electrons. The fourth-order valence-electron chi connectivity index (χ4n) is 2.30. The molecule has 4 aromatic heterocycles. The van der Waals surface area contributed by atoms with E-state index in [1.54, 1.807) is 36.8 Å². The zero-order chi connectivity index (χ0) is 18.6. The van der Waals surface area contributed by atoms with Gasteiger partial charge in [-0.05, 0) is 23.6 Å². The first-order valence-electron chi connectivity index (χ1n) is 7.94. The molecule has 8 nitrogen and oxygen atoms in total. The number of nitrogens with one attached hydrogen (secondary N) is 1. The summed E-state index contributed by atoms with van der Waals surface area (Å²) in [6.07, 6.45) is 3.40. The molecule has 0 unspecified atom stereocenters. The Kier molecular flexibility index (Phi) is 4.90. The van der Waals surface area contributed by atoms with Crippen molar-refractivity contribution in [3.05, 3.63) is 53.9 Å². The standard InChI is InChI=1S/C17H14N6O2S2/c1-23(10-12-8-13(22-25-12)11-4-2-6-18-9-11)17(24)19-16-21-20-15(27-16)14-5-3-7-26-14/h2-9H,10H2,1H3,(H,19,21,24). The highest BCUT2D eigenvalue weighted by molar-refractivity contribution is 7.23. The Morgan fingerprint density at radius 3 is 3.00 bits per heavy atom. The minimum atomic E-state index is -0.303. The van der Waals surface area contributed by atoms with Crippen LogP contribution in [0.25, 0.3) is 21.1 Å². The second kappa shape index (κ2) is 7.64. The second-order valence-electron chi connectivity index (χ2n) is 5.60. The van der Waals surface area contributed by atoms with Crippen LogP contribution in [0.3, 0.4) is 0 Å². The maximum Gasteiger partial charge on any atom is 0.323 e. The van der Waals surface area contributed by atoms with Gasteiger partial charge in [0.15, 0.2) is 10.8 Å². The average molecular weight is 398 g/mol. The van der Waals surface area contributed by atoms with Gasteiger partial charge in [-0.1, -0.05) is 22.6 Å². The lowest BCUT2D eigenvalue weighted by atomic mass is 10.2. The fourth-order valence-corrected chi connectivity index (χ4v) is 3.83. The van der Waals surface area contributed by atoms with Crippen molar-refractivity contribution < 1.29 is 9.32 Å². The molecule has 0 spiro atoms. The molecular formula is C17H14N6O2S2. The van der Waals surface area contributed by atoms with Gasteiger partial charge in [0, 0.05) is 31.1 Å². The van der Waals surface area contributed by atoms with Gasteiger partial charge in [0.25, 0.3) is 0 Å². The highest BCUT2D eigenvalue weighted by atomic mass is 32.1. The summed E-state index contributed by atoms with van der Waals surface area (Å²) in [6, 6.07) is 9.13. The largest absolute Gasteiger partial charge is 0.359 e. The number of amides is 2. The number of anilines is 1. The molecule has 0 bridgehead atoms. The topological polar surface area (TPSA) is 97.0 Å². The number of aromatic nitrogens is 4. The van der Waals surface area contributed by atoms with Gasteiger partial charge in [-0.15, -0.1) is 21.5 Å². The number of urea groups is 1. The molecule has 0 aliphatic carbocycles. The van der Waals surface area contributed by atoms with Crippen LogP contribution in [0, 0.1) is 0 Å². The summed E-state index contributed by atoms with van der Waals surface area (Å²) in [5, 5.41) is 18.1. The van der Waals surface area contributed by atoms with Crippen LogP contribution in [0.2, 0.25) is 0 Å². The minimum absolute atomic E-state index is 0.273. The maximum atomic E-state index is 12.4. The van der Waals surface area contributed by atoms with Crippen LogP contribution in [0.15, 0.2) is 52.6 Å². The summed E-state index contributed by atoms with van der Waals surface area (Å²) in [6.45, 7) is 0.273. The second-order valence-corrected chi connectivity index (χ2v) is 7.52. The Bertz CT molecular complexity index is 1030. The summed E-state index contributed by atoms with van der Waals surface area (Å²) in [5.41, 5.74) is 1.53. The van der Waals surface area contributed by atoms with Crippen molar-refractivity contribution in [2.24, 2.45) is 0 Å². The van der Waals surface area contributed by atoms with Crippen LogP contribution < -0.4 is 5.32 Å². The van der Waals surface area contributed by atoms with Gasteiger partial charge < -0.3 is 9.42 Å². The van der Waals surface area contributed by atoms with E-state index in [9.17, 15) is 4.79 Å². The highest BCUT2D eigenvalue weighted by Crippen LogP contribution is 2.29. The SMILES string of the molecule is CN(Cc1cc(-c2cccnc2)no1)C(=O)Nc1nnc(-c2cccs2)s1. The third-order valence-electron chi connectivity index (χ3n) is 3.63. The monoisotopic (exact) mass is 398 g/mol. The third-order valence-corrected chi connectivity index (χ3v) is 5.50. The molecule has 4 heterocycles. The zero-order valence-electron chi connectivity index (χ0n) is 14.2. The van der Waals surface area contributed by atoms with Crippen molar-refractivity contribution in [1.29, 1.82) is 0 Å². The number of pyridine rings is 1. The molecule has 10 heteroatoms. The Balaban J connectivity index is 1.38. The van der Waals surface area contributed by atoms with Crippen molar-refractivity contribution in [1.82, 2.24) is 25.2 Å². The fraction of sp³-hybridized carbons (Fsp3) is 0.118. The van der Waals surface area contributed by atoms with E-state index in [1.807, 2.05) is 29.6 Å². The Labute approximate surface area is 162 Å². The number of nitrogens with zero attached hydrogens (tertiary/aromatic N) is 5. The molecule has 136 valence electrons. The van der Waals surface area contributed by atoms with Crippen molar-refractivity contribution in [3.63, 3.8) is 0 Å². The Morgan fingerprint density at radius 2 is 2.22 bits per heavy atom. The third kappa shape index (κ3) is 4.01. The van der Waals surface area contributed by atoms with E-state index in [0.29, 0.717) is 16.6 Å². The molecule has 0 aromatic carbocycles. The van der Waals surface area contributed by atoms with E-state index in [2.05, 4.69) is 25.7 Å². The molecule has 2 amide bonds. The lowest BCUT2D eigenvalue weighted by Crippen LogP contribution is -2.30. The van der Waals surface area contributed by atoms with E-state index < -0.39 is 0 Å². The maximum absolute atomic E-state index is 12.4. The highest BCUT2D eigenvalue weighted by Gasteiger charge is 2.16. The number of rotatable bonds is 5. The van der Waals surface area contributed by atoms with Crippen LogP contribution in [0.5, 0.6) is 0 Å². The summed E-state index contributed by atoms with van der Waals surface area (Å²) in [5.74, 6) is 0.572. The predicted octanol–water partition coefficient (Wildman–Crippen LogP) is 3.98. The molecule has 0 saturated carbocycles. The zero-order valence-corrected chi connectivity index (χ0v) is 15.8. The van der Waals surface area contributed by atoms with Gasteiger partial charge in [0.2, 0.25) is 5.13 Å². The van der Waals surface area contributed by atoms with Gasteiger partial charge in [-0.3, -0.25) is 10.3 Å². The molecular weight excluding hydrogens is 384 g/mol. The molecule has 1 N–H and O–H groups in total. The summed E-state index contributed by atoms with van der Waals surface area (Å²) >= 11 is 2.91. The minimum Gasteiger partial charge on any atom is -0.359 e. The smallest absolute Gasteiger partial charge is 0.323 e.